The van der Waals surface area contributed by atoms with Crippen LogP contribution in [0.5, 0.6) is 11.5 Å². The molecule has 1 aromatic carbocycles. The van der Waals surface area contributed by atoms with Crippen LogP contribution in [-0.2, 0) is 6.54 Å². The van der Waals surface area contributed by atoms with Crippen molar-refractivity contribution in [3.05, 3.63) is 45.6 Å². The van der Waals surface area contributed by atoms with E-state index in [0.29, 0.717) is 13.2 Å². The van der Waals surface area contributed by atoms with Gasteiger partial charge in [0.05, 0.1) is 25.8 Å². The molecule has 0 bridgehead atoms. The monoisotopic (exact) mass is 375 g/mol. The van der Waals surface area contributed by atoms with Crippen molar-refractivity contribution < 1.29 is 9.47 Å². The third-order valence-electron chi connectivity index (χ3n) is 4.03. The Morgan fingerprint density at radius 2 is 1.88 bits per heavy atom. The quantitative estimate of drug-likeness (QED) is 0.534. The highest BCUT2D eigenvalue weighted by molar-refractivity contribution is 7.10. The van der Waals surface area contributed by atoms with Crippen LogP contribution in [-0.4, -0.2) is 26.2 Å². The molecular weight excluding hydrogens is 346 g/mol. The number of nitrogens with zero attached hydrogens (tertiary/aromatic N) is 1. The fourth-order valence-corrected chi connectivity index (χ4v) is 3.42. The third kappa shape index (κ3) is 5.39. The first-order chi connectivity index (χ1) is 12.6. The standard InChI is InChI=1S/C20H29N3O2S/c1-6-24-17-9-8-16(12-18(17)25-7-2)15(4)23-20(21-5)22-13-19-14(3)10-11-26-19/h8-12,15H,6-7,13H2,1-5H3,(H2,21,22,23). The molecule has 2 N–H and O–H groups in total. The summed E-state index contributed by atoms with van der Waals surface area (Å²) in [5, 5.41) is 8.92. The Balaban J connectivity index is 2.03. The van der Waals surface area contributed by atoms with Crippen molar-refractivity contribution in [2.75, 3.05) is 20.3 Å². The van der Waals surface area contributed by atoms with E-state index in [9.17, 15) is 0 Å². The van der Waals surface area contributed by atoms with Gasteiger partial charge in [-0.15, -0.1) is 11.3 Å². The summed E-state index contributed by atoms with van der Waals surface area (Å²) in [6.07, 6.45) is 0. The molecule has 0 aliphatic heterocycles. The molecule has 0 amide bonds. The number of rotatable bonds is 8. The van der Waals surface area contributed by atoms with Crippen LogP contribution >= 0.6 is 11.3 Å². The van der Waals surface area contributed by atoms with Gasteiger partial charge in [-0.3, -0.25) is 4.99 Å². The van der Waals surface area contributed by atoms with Crippen LogP contribution < -0.4 is 20.1 Å². The van der Waals surface area contributed by atoms with Crippen molar-refractivity contribution >= 4 is 17.3 Å². The van der Waals surface area contributed by atoms with E-state index in [-0.39, 0.29) is 6.04 Å². The minimum Gasteiger partial charge on any atom is -0.490 e. The zero-order valence-electron chi connectivity index (χ0n) is 16.3. The number of hydrogen-bond acceptors (Lipinski definition) is 4. The van der Waals surface area contributed by atoms with Crippen molar-refractivity contribution in [3.63, 3.8) is 0 Å². The van der Waals surface area contributed by atoms with E-state index < -0.39 is 0 Å². The van der Waals surface area contributed by atoms with Crippen molar-refractivity contribution in [2.45, 2.75) is 40.3 Å². The molecule has 1 heterocycles. The topological polar surface area (TPSA) is 54.9 Å². The molecule has 2 rings (SSSR count). The molecule has 6 heteroatoms. The molecule has 5 nitrogen and oxygen atoms in total. The second-order valence-corrected chi connectivity index (χ2v) is 6.89. The minimum atomic E-state index is 0.0838. The van der Waals surface area contributed by atoms with Gasteiger partial charge in [-0.2, -0.15) is 0 Å². The minimum absolute atomic E-state index is 0.0838. The molecule has 0 saturated carbocycles. The first kappa shape index (κ1) is 20.1. The maximum Gasteiger partial charge on any atom is 0.191 e. The van der Waals surface area contributed by atoms with Crippen LogP contribution in [0, 0.1) is 6.92 Å². The lowest BCUT2D eigenvalue weighted by molar-refractivity contribution is 0.287. The van der Waals surface area contributed by atoms with Crippen LogP contribution in [0.2, 0.25) is 0 Å². The van der Waals surface area contributed by atoms with E-state index in [1.807, 2.05) is 26.0 Å². The first-order valence-electron chi connectivity index (χ1n) is 8.98. The van der Waals surface area contributed by atoms with Crippen LogP contribution in [0.25, 0.3) is 0 Å². The zero-order valence-corrected chi connectivity index (χ0v) is 17.1. The van der Waals surface area contributed by atoms with E-state index in [2.05, 4.69) is 47.0 Å². The number of benzene rings is 1. The van der Waals surface area contributed by atoms with Crippen LogP contribution in [0.3, 0.4) is 0 Å². The Kier molecular flexibility index (Phi) is 7.78. The largest absolute Gasteiger partial charge is 0.490 e. The summed E-state index contributed by atoms with van der Waals surface area (Å²) < 4.78 is 11.4. The van der Waals surface area contributed by atoms with Gasteiger partial charge in [-0.25, -0.2) is 0 Å². The molecule has 26 heavy (non-hydrogen) atoms. The van der Waals surface area contributed by atoms with Gasteiger partial charge < -0.3 is 20.1 Å². The number of thiophene rings is 1. The number of guanidine groups is 1. The Labute approximate surface area is 160 Å². The van der Waals surface area contributed by atoms with Crippen molar-refractivity contribution in [3.8, 4) is 11.5 Å². The second-order valence-electron chi connectivity index (χ2n) is 5.89. The highest BCUT2D eigenvalue weighted by Gasteiger charge is 2.12. The van der Waals surface area contributed by atoms with E-state index >= 15 is 0 Å². The van der Waals surface area contributed by atoms with Gasteiger partial charge in [0.2, 0.25) is 0 Å². The van der Waals surface area contributed by atoms with Gasteiger partial charge >= 0.3 is 0 Å². The summed E-state index contributed by atoms with van der Waals surface area (Å²) in [4.78, 5) is 5.65. The highest BCUT2D eigenvalue weighted by Crippen LogP contribution is 2.30. The highest BCUT2D eigenvalue weighted by atomic mass is 32.1. The summed E-state index contributed by atoms with van der Waals surface area (Å²) in [6, 6.07) is 8.27. The maximum absolute atomic E-state index is 5.72. The molecular formula is C20H29N3O2S. The van der Waals surface area contributed by atoms with Crippen LogP contribution in [0.15, 0.2) is 34.6 Å². The van der Waals surface area contributed by atoms with Crippen LogP contribution in [0.4, 0.5) is 0 Å². The Bertz CT molecular complexity index is 728. The number of aryl methyl sites for hydroxylation is 1. The molecule has 0 spiro atoms. The van der Waals surface area contributed by atoms with Crippen LogP contribution in [0.1, 0.15) is 42.8 Å². The number of hydrogen-bond donors (Lipinski definition) is 2. The average Bonchev–Trinajstić information content (AvgIpc) is 3.05. The van der Waals surface area contributed by atoms with Gasteiger partial charge in [0.25, 0.3) is 0 Å². The van der Waals surface area contributed by atoms with E-state index in [4.69, 9.17) is 9.47 Å². The van der Waals surface area contributed by atoms with Gasteiger partial charge in [0, 0.05) is 11.9 Å². The van der Waals surface area contributed by atoms with Gasteiger partial charge in [0.1, 0.15) is 0 Å². The predicted octanol–water partition coefficient (Wildman–Crippen LogP) is 4.28. The molecule has 0 aliphatic carbocycles. The third-order valence-corrected chi connectivity index (χ3v) is 5.05. The molecule has 0 fully saturated rings. The molecule has 1 unspecified atom stereocenters. The number of aliphatic imine (C=N–C) groups is 1. The summed E-state index contributed by atoms with van der Waals surface area (Å²) in [5.41, 5.74) is 2.42. The smallest absolute Gasteiger partial charge is 0.191 e. The molecule has 1 aromatic heterocycles. The SMILES string of the molecule is CCOc1ccc(C(C)NC(=NC)NCc2sccc2C)cc1OCC. The fourth-order valence-electron chi connectivity index (χ4n) is 2.57. The predicted molar refractivity (Wildman–Crippen MR) is 110 cm³/mol. The van der Waals surface area contributed by atoms with Crippen molar-refractivity contribution in [1.29, 1.82) is 0 Å². The Morgan fingerprint density at radius 3 is 2.50 bits per heavy atom. The summed E-state index contributed by atoms with van der Waals surface area (Å²) >= 11 is 1.76. The summed E-state index contributed by atoms with van der Waals surface area (Å²) in [7, 11) is 1.78. The van der Waals surface area contributed by atoms with Crippen molar-refractivity contribution in [1.82, 2.24) is 10.6 Å². The number of nitrogens with one attached hydrogen (secondary N) is 2. The molecule has 142 valence electrons. The lowest BCUT2D eigenvalue weighted by atomic mass is 10.1. The molecule has 2 aromatic rings. The summed E-state index contributed by atoms with van der Waals surface area (Å²) in [5.74, 6) is 2.33. The van der Waals surface area contributed by atoms with Crippen molar-refractivity contribution in [2.24, 2.45) is 4.99 Å². The average molecular weight is 376 g/mol. The van der Waals surface area contributed by atoms with E-state index in [1.165, 1.54) is 10.4 Å². The Morgan fingerprint density at radius 1 is 1.15 bits per heavy atom. The fraction of sp³-hybridized carbons (Fsp3) is 0.450. The number of ether oxygens (including phenoxy) is 2. The van der Waals surface area contributed by atoms with E-state index in [1.54, 1.807) is 18.4 Å². The van der Waals surface area contributed by atoms with Gasteiger partial charge in [-0.1, -0.05) is 6.07 Å². The lowest BCUT2D eigenvalue weighted by Crippen LogP contribution is -2.38. The molecule has 0 radical (unpaired) electrons. The van der Waals surface area contributed by atoms with Gasteiger partial charge in [0.15, 0.2) is 17.5 Å². The molecule has 1 atom stereocenters. The Hall–Kier alpha value is -2.21. The van der Waals surface area contributed by atoms with Gasteiger partial charge in [-0.05, 0) is 62.4 Å². The zero-order chi connectivity index (χ0) is 18.9. The lowest BCUT2D eigenvalue weighted by Gasteiger charge is -2.20. The second kappa shape index (κ2) is 10.1. The van der Waals surface area contributed by atoms with E-state index in [0.717, 1.165) is 29.6 Å². The summed E-state index contributed by atoms with van der Waals surface area (Å²) in [6.45, 7) is 10.2. The normalized spacial score (nSPS) is 12.6. The maximum atomic E-state index is 5.72. The molecule has 0 saturated heterocycles. The first-order valence-corrected chi connectivity index (χ1v) is 9.86. The molecule has 0 aliphatic rings.